The number of hydrogen-bond acceptors (Lipinski definition) is 1. The summed E-state index contributed by atoms with van der Waals surface area (Å²) < 4.78 is 0. The quantitative estimate of drug-likeness (QED) is 0.591. The highest BCUT2D eigenvalue weighted by atomic mass is 15.1. The summed E-state index contributed by atoms with van der Waals surface area (Å²) in [4.78, 5) is 4.29. The van der Waals surface area contributed by atoms with Crippen LogP contribution >= 0.6 is 0 Å². The van der Waals surface area contributed by atoms with Gasteiger partial charge >= 0.3 is 0 Å². The first kappa shape index (κ1) is 7.35. The minimum absolute atomic E-state index is 0.850. The van der Waals surface area contributed by atoms with Gasteiger partial charge in [0.2, 0.25) is 0 Å². The molecule has 0 saturated carbocycles. The summed E-state index contributed by atoms with van der Waals surface area (Å²) in [6.07, 6.45) is 0. The maximum atomic E-state index is 4.29. The van der Waals surface area contributed by atoms with Gasteiger partial charge in [-0.05, 0) is 6.92 Å². The van der Waals surface area contributed by atoms with Crippen molar-refractivity contribution in [3.8, 4) is 0 Å². The second-order valence-corrected chi connectivity index (χ2v) is 2.95. The summed E-state index contributed by atoms with van der Waals surface area (Å²) >= 11 is 0. The fraction of sp³-hybridized carbons (Fsp3) is 0.300. The fourth-order valence-electron chi connectivity index (χ4n) is 1.25. The molecule has 2 nitrogen and oxygen atoms in total. The first-order valence-electron chi connectivity index (χ1n) is 4.15. The van der Waals surface area contributed by atoms with Crippen molar-refractivity contribution in [2.45, 2.75) is 6.92 Å². The molecule has 12 heavy (non-hydrogen) atoms. The van der Waals surface area contributed by atoms with Crippen LogP contribution in [0.1, 0.15) is 11.1 Å². The number of aliphatic imine (C=N–C) groups is 1. The molecule has 0 aromatic heterocycles. The Morgan fingerprint density at radius 1 is 1.08 bits per heavy atom. The summed E-state index contributed by atoms with van der Waals surface area (Å²) in [6, 6.07) is 8.32. The predicted octanol–water partition coefficient (Wildman–Crippen LogP) is 1.36. The summed E-state index contributed by atoms with van der Waals surface area (Å²) in [5.41, 5.74) is 2.41. The Hall–Kier alpha value is -1.31. The van der Waals surface area contributed by atoms with Gasteiger partial charge in [0, 0.05) is 5.56 Å². The van der Waals surface area contributed by atoms with E-state index in [1.807, 2.05) is 0 Å². The molecular formula is C10H11N2. The van der Waals surface area contributed by atoms with Crippen molar-refractivity contribution in [3.63, 3.8) is 0 Å². The highest BCUT2D eigenvalue weighted by Crippen LogP contribution is 2.06. The lowest BCUT2D eigenvalue weighted by Gasteiger charge is -1.99. The Bertz CT molecular complexity index is 298. The fourth-order valence-corrected chi connectivity index (χ4v) is 1.25. The molecular weight excluding hydrogens is 148 g/mol. The van der Waals surface area contributed by atoms with E-state index in [0.29, 0.717) is 0 Å². The Balaban J connectivity index is 2.28. The summed E-state index contributed by atoms with van der Waals surface area (Å²) in [7, 11) is 0. The van der Waals surface area contributed by atoms with Crippen LogP contribution in [0.5, 0.6) is 0 Å². The number of amidine groups is 1. The molecule has 1 heterocycles. The molecule has 2 heteroatoms. The third kappa shape index (κ3) is 1.33. The van der Waals surface area contributed by atoms with E-state index in [1.165, 1.54) is 5.56 Å². The molecule has 0 amide bonds. The van der Waals surface area contributed by atoms with Crippen LogP contribution in [-0.2, 0) is 0 Å². The molecule has 0 spiro atoms. The standard InChI is InChI=1S/C10H11N2/c1-8-2-4-9(5-3-8)10-11-6-7-12-10/h2-5H,6-7H2,1H3. The zero-order valence-electron chi connectivity index (χ0n) is 7.12. The number of nitrogens with zero attached hydrogens (tertiary/aromatic N) is 2. The van der Waals surface area contributed by atoms with E-state index in [-0.39, 0.29) is 0 Å². The molecule has 0 saturated heterocycles. The van der Waals surface area contributed by atoms with E-state index >= 15 is 0 Å². The molecule has 1 radical (unpaired) electrons. The Labute approximate surface area is 72.3 Å². The van der Waals surface area contributed by atoms with E-state index in [4.69, 9.17) is 0 Å². The van der Waals surface area contributed by atoms with Crippen molar-refractivity contribution in [1.82, 2.24) is 5.32 Å². The minimum Gasteiger partial charge on any atom is -0.265 e. The molecule has 0 atom stereocenters. The van der Waals surface area contributed by atoms with Crippen LogP contribution in [0.15, 0.2) is 29.3 Å². The average molecular weight is 159 g/mol. The Kier molecular flexibility index (Phi) is 1.82. The van der Waals surface area contributed by atoms with Gasteiger partial charge in [0.25, 0.3) is 0 Å². The van der Waals surface area contributed by atoms with Crippen LogP contribution in [0, 0.1) is 6.92 Å². The Morgan fingerprint density at radius 2 is 1.83 bits per heavy atom. The van der Waals surface area contributed by atoms with Crippen molar-refractivity contribution < 1.29 is 0 Å². The lowest BCUT2D eigenvalue weighted by Crippen LogP contribution is -2.11. The third-order valence-electron chi connectivity index (χ3n) is 1.93. The molecule has 2 rings (SSSR count). The van der Waals surface area contributed by atoms with Gasteiger partial charge in [0.05, 0.1) is 13.1 Å². The Morgan fingerprint density at radius 3 is 2.42 bits per heavy atom. The second kappa shape index (κ2) is 2.97. The number of aryl methyl sites for hydroxylation is 1. The number of benzene rings is 1. The molecule has 0 fully saturated rings. The maximum absolute atomic E-state index is 4.29. The zero-order valence-corrected chi connectivity index (χ0v) is 7.12. The van der Waals surface area contributed by atoms with Gasteiger partial charge in [0.15, 0.2) is 0 Å². The van der Waals surface area contributed by atoms with Gasteiger partial charge in [-0.3, -0.25) is 10.3 Å². The number of rotatable bonds is 1. The molecule has 1 aromatic carbocycles. The zero-order chi connectivity index (χ0) is 8.39. The van der Waals surface area contributed by atoms with Gasteiger partial charge in [0.1, 0.15) is 5.84 Å². The van der Waals surface area contributed by atoms with Crippen molar-refractivity contribution in [2.75, 3.05) is 13.1 Å². The molecule has 0 unspecified atom stereocenters. The van der Waals surface area contributed by atoms with E-state index in [9.17, 15) is 0 Å². The van der Waals surface area contributed by atoms with Crippen molar-refractivity contribution in [1.29, 1.82) is 0 Å². The molecule has 61 valence electrons. The van der Waals surface area contributed by atoms with E-state index < -0.39 is 0 Å². The molecule has 1 aliphatic heterocycles. The lowest BCUT2D eigenvalue weighted by atomic mass is 10.1. The molecule has 1 aliphatic rings. The summed E-state index contributed by atoms with van der Waals surface area (Å²) in [5.74, 6) is 0.912. The van der Waals surface area contributed by atoms with Crippen molar-refractivity contribution in [3.05, 3.63) is 35.4 Å². The van der Waals surface area contributed by atoms with E-state index in [1.54, 1.807) is 0 Å². The van der Waals surface area contributed by atoms with Crippen LogP contribution in [0.25, 0.3) is 0 Å². The van der Waals surface area contributed by atoms with Gasteiger partial charge in [-0.1, -0.05) is 29.8 Å². The van der Waals surface area contributed by atoms with Gasteiger partial charge in [-0.15, -0.1) is 0 Å². The van der Waals surface area contributed by atoms with E-state index in [0.717, 1.165) is 24.5 Å². The largest absolute Gasteiger partial charge is 0.265 e. The van der Waals surface area contributed by atoms with Gasteiger partial charge < -0.3 is 0 Å². The molecule has 0 aliphatic carbocycles. The average Bonchev–Trinajstić information content (AvgIpc) is 2.58. The van der Waals surface area contributed by atoms with E-state index in [2.05, 4.69) is 41.5 Å². The molecule has 0 bridgehead atoms. The molecule has 1 aromatic rings. The van der Waals surface area contributed by atoms with Crippen molar-refractivity contribution >= 4 is 5.84 Å². The monoisotopic (exact) mass is 159 g/mol. The van der Waals surface area contributed by atoms with Crippen LogP contribution in [0.3, 0.4) is 0 Å². The van der Waals surface area contributed by atoms with Crippen LogP contribution < -0.4 is 5.32 Å². The summed E-state index contributed by atoms with van der Waals surface area (Å²) in [5, 5.41) is 4.29. The van der Waals surface area contributed by atoms with Crippen LogP contribution in [0.4, 0.5) is 0 Å². The molecule has 0 N–H and O–H groups in total. The highest BCUT2D eigenvalue weighted by molar-refractivity contribution is 5.99. The smallest absolute Gasteiger partial charge is 0.150 e. The summed E-state index contributed by atoms with van der Waals surface area (Å²) in [6.45, 7) is 3.78. The topological polar surface area (TPSA) is 26.5 Å². The van der Waals surface area contributed by atoms with Gasteiger partial charge in [-0.2, -0.15) is 0 Å². The lowest BCUT2D eigenvalue weighted by molar-refractivity contribution is 0.947. The maximum Gasteiger partial charge on any atom is 0.150 e. The first-order chi connectivity index (χ1) is 5.86. The highest BCUT2D eigenvalue weighted by Gasteiger charge is 2.08. The predicted molar refractivity (Wildman–Crippen MR) is 49.6 cm³/mol. The SMILES string of the molecule is Cc1ccc(C2=NCC[N]2)cc1. The van der Waals surface area contributed by atoms with Crippen LogP contribution in [0.2, 0.25) is 0 Å². The third-order valence-corrected chi connectivity index (χ3v) is 1.93. The second-order valence-electron chi connectivity index (χ2n) is 2.95. The van der Waals surface area contributed by atoms with Gasteiger partial charge in [-0.25, -0.2) is 0 Å². The van der Waals surface area contributed by atoms with Crippen LogP contribution in [-0.4, -0.2) is 18.9 Å². The normalized spacial score (nSPS) is 15.6. The first-order valence-corrected chi connectivity index (χ1v) is 4.15. The number of hydrogen-bond donors (Lipinski definition) is 0. The van der Waals surface area contributed by atoms with Crippen molar-refractivity contribution in [2.24, 2.45) is 4.99 Å². The minimum atomic E-state index is 0.850.